The van der Waals surface area contributed by atoms with Gasteiger partial charge >= 0.3 is 6.18 Å². The summed E-state index contributed by atoms with van der Waals surface area (Å²) >= 11 is 0. The lowest BCUT2D eigenvalue weighted by Crippen LogP contribution is -2.64. The molecule has 5 rings (SSSR count). The average molecular weight is 1260 g/mol. The molecule has 2 saturated heterocycles. The average Bonchev–Trinajstić information content (AvgIpc) is 2.42. The maximum absolute atomic E-state index is 14.9. The monoisotopic (exact) mass is 1260 g/mol. The van der Waals surface area contributed by atoms with Crippen molar-refractivity contribution in [3.05, 3.63) is 35.1 Å². The first-order valence-corrected chi connectivity index (χ1v) is 31.7. The Labute approximate surface area is 521 Å². The molecule has 26 heteroatoms. The largest absolute Gasteiger partial charge is 0.419 e. The predicted molar refractivity (Wildman–Crippen MR) is 323 cm³/mol. The van der Waals surface area contributed by atoms with Crippen molar-refractivity contribution in [2.45, 2.75) is 211 Å². The third kappa shape index (κ3) is 19.1. The van der Waals surface area contributed by atoms with Crippen LogP contribution in [0.25, 0.3) is 0 Å². The van der Waals surface area contributed by atoms with Gasteiger partial charge in [0.05, 0.1) is 25.2 Å². The molecule has 8 atom stereocenters. The predicted octanol–water partition coefficient (Wildman–Crippen LogP) is 4.40. The third-order valence-electron chi connectivity index (χ3n) is 18.5. The van der Waals surface area contributed by atoms with E-state index < -0.39 is 156 Å². The van der Waals surface area contributed by atoms with Gasteiger partial charge in [-0.1, -0.05) is 92.1 Å². The van der Waals surface area contributed by atoms with Crippen molar-refractivity contribution in [2.24, 2.45) is 17.8 Å². The first kappa shape index (κ1) is 72.9. The van der Waals surface area contributed by atoms with Crippen LogP contribution in [0.5, 0.6) is 0 Å². The Bertz CT molecular complexity index is 2720. The second kappa shape index (κ2) is 32.2. The first-order chi connectivity index (χ1) is 41.7. The van der Waals surface area contributed by atoms with E-state index in [4.69, 9.17) is 0 Å². The molecule has 498 valence electrons. The van der Waals surface area contributed by atoms with Crippen LogP contribution in [0.15, 0.2) is 18.2 Å². The molecule has 4 aliphatic rings. The maximum Gasteiger partial charge on any atom is 0.419 e. The minimum Gasteiger partial charge on any atom is -0.351 e. The quantitative estimate of drug-likeness (QED) is 0.239. The Kier molecular flexibility index (Phi) is 26.4. The van der Waals surface area contributed by atoms with Gasteiger partial charge in [0, 0.05) is 61.3 Å². The van der Waals surface area contributed by atoms with Crippen LogP contribution in [0, 0.1) is 23.6 Å². The topological polar surface area (TPSA) is 259 Å². The molecule has 1 spiro atoms. The van der Waals surface area contributed by atoms with E-state index in [0.29, 0.717) is 37.8 Å². The highest BCUT2D eigenvalue weighted by atomic mass is 19.4. The Hall–Kier alpha value is -6.89. The number of nitrogens with zero attached hydrogens (tertiary/aromatic N) is 7. The van der Waals surface area contributed by atoms with Crippen LogP contribution in [0.4, 0.5) is 17.6 Å². The molecule has 0 bridgehead atoms. The highest BCUT2D eigenvalue weighted by molar-refractivity contribution is 5.99. The zero-order valence-electron chi connectivity index (χ0n) is 54.2. The van der Waals surface area contributed by atoms with E-state index in [1.807, 2.05) is 20.8 Å². The van der Waals surface area contributed by atoms with Gasteiger partial charge in [-0.05, 0) is 100 Å². The van der Waals surface area contributed by atoms with Gasteiger partial charge in [-0.25, -0.2) is 4.39 Å². The fourth-order valence-electron chi connectivity index (χ4n) is 12.8. The number of alkyl halides is 3. The highest BCUT2D eigenvalue weighted by Gasteiger charge is 2.49. The SMILES string of the molecule is CC[C@H](C)[C@@H]1NC(=O)[C@H](CC(C)C)N(C)C(=O)C[C@@H](C)NC(=O)[C@H](CC)N(C)C(=O)C2(CCCC2)NC(=O)[C@@H]2CCCN2C(=O)[C@H](CCc2ccc(C(F)(F)F)c(F)c2)NC(=O)CN(C)C(=O)[C@H](CC2CCCCC2)N(C)C(=O)CN(C)C(=O)CN(C)C1=O. The summed E-state index contributed by atoms with van der Waals surface area (Å²) in [6.07, 6.45) is 1.47. The van der Waals surface area contributed by atoms with Gasteiger partial charge in [0.25, 0.3) is 0 Å². The van der Waals surface area contributed by atoms with Crippen molar-refractivity contribution in [3.8, 4) is 0 Å². The minimum atomic E-state index is -4.99. The zero-order valence-corrected chi connectivity index (χ0v) is 54.2. The van der Waals surface area contributed by atoms with E-state index in [1.165, 1.54) is 61.9 Å². The molecule has 2 aliphatic carbocycles. The van der Waals surface area contributed by atoms with Crippen molar-refractivity contribution in [1.82, 2.24) is 55.6 Å². The molecule has 0 radical (unpaired) electrons. The van der Waals surface area contributed by atoms with Crippen molar-refractivity contribution in [1.29, 1.82) is 0 Å². The van der Waals surface area contributed by atoms with Gasteiger partial charge in [0.1, 0.15) is 47.6 Å². The third-order valence-corrected chi connectivity index (χ3v) is 18.5. The number of benzene rings is 1. The number of carbonyl (C=O) groups excluding carboxylic acids is 11. The van der Waals surface area contributed by atoms with E-state index in [0.717, 1.165) is 52.9 Å². The number of halogens is 4. The number of carbonyl (C=O) groups is 11. The number of rotatable bonds is 10. The minimum absolute atomic E-state index is 0.0178. The van der Waals surface area contributed by atoms with Crippen LogP contribution in [-0.4, -0.2) is 216 Å². The Morgan fingerprint density at radius 3 is 1.84 bits per heavy atom. The van der Waals surface area contributed by atoms with Crippen molar-refractivity contribution < 1.29 is 70.3 Å². The molecule has 1 aromatic carbocycles. The van der Waals surface area contributed by atoms with Gasteiger partial charge in [0.15, 0.2) is 0 Å². The van der Waals surface area contributed by atoms with E-state index in [1.54, 1.807) is 20.8 Å². The summed E-state index contributed by atoms with van der Waals surface area (Å²) in [6.45, 7) is 9.01. The first-order valence-electron chi connectivity index (χ1n) is 31.7. The van der Waals surface area contributed by atoms with Crippen LogP contribution in [-0.2, 0) is 65.3 Å². The van der Waals surface area contributed by atoms with Crippen molar-refractivity contribution in [2.75, 3.05) is 68.5 Å². The molecular weight excluding hydrogens is 1160 g/mol. The summed E-state index contributed by atoms with van der Waals surface area (Å²) in [5.41, 5.74) is -2.93. The van der Waals surface area contributed by atoms with Crippen LogP contribution in [0.2, 0.25) is 0 Å². The number of hydrogen-bond acceptors (Lipinski definition) is 11. The number of nitrogens with one attached hydrogen (secondary N) is 4. The molecule has 2 heterocycles. The van der Waals surface area contributed by atoms with Crippen molar-refractivity contribution >= 4 is 65.0 Å². The van der Waals surface area contributed by atoms with E-state index in [2.05, 4.69) is 21.3 Å². The molecule has 2 aliphatic heterocycles. The summed E-state index contributed by atoms with van der Waals surface area (Å²) in [6, 6.07) is -5.54. The molecule has 2 saturated carbocycles. The number of likely N-dealkylation sites (N-methyl/N-ethyl adjacent to an activating group) is 6. The Balaban J connectivity index is 1.53. The number of hydrogen-bond donors (Lipinski definition) is 4. The lowest BCUT2D eigenvalue weighted by molar-refractivity contribution is -0.149. The van der Waals surface area contributed by atoms with Gasteiger partial charge in [-0.2, -0.15) is 13.2 Å². The molecule has 4 N–H and O–H groups in total. The van der Waals surface area contributed by atoms with Gasteiger partial charge in [-0.15, -0.1) is 0 Å². The molecular formula is C63H97F4N11O11. The second-order valence-electron chi connectivity index (χ2n) is 25.8. The fourth-order valence-corrected chi connectivity index (χ4v) is 12.8. The Morgan fingerprint density at radius 2 is 1.25 bits per heavy atom. The second-order valence-corrected chi connectivity index (χ2v) is 25.8. The van der Waals surface area contributed by atoms with Crippen LogP contribution in [0.1, 0.15) is 162 Å². The molecule has 1 aromatic rings. The van der Waals surface area contributed by atoms with Crippen LogP contribution in [0.3, 0.4) is 0 Å². The molecule has 11 amide bonds. The summed E-state index contributed by atoms with van der Waals surface area (Å²) in [7, 11) is 8.44. The molecule has 0 aromatic heterocycles. The van der Waals surface area contributed by atoms with Gasteiger partial charge in [0.2, 0.25) is 65.0 Å². The van der Waals surface area contributed by atoms with Crippen molar-refractivity contribution in [3.63, 3.8) is 0 Å². The molecule has 0 unspecified atom stereocenters. The molecule has 4 fully saturated rings. The number of aryl methyl sites for hydroxylation is 1. The van der Waals surface area contributed by atoms with Crippen LogP contribution < -0.4 is 21.3 Å². The van der Waals surface area contributed by atoms with E-state index in [9.17, 15) is 70.3 Å². The van der Waals surface area contributed by atoms with E-state index >= 15 is 0 Å². The van der Waals surface area contributed by atoms with Crippen LogP contribution >= 0.6 is 0 Å². The fraction of sp³-hybridized carbons (Fsp3) is 0.730. The summed E-state index contributed by atoms with van der Waals surface area (Å²) in [5.74, 6) is -9.14. The number of fused-ring (bicyclic) bond motifs is 1. The summed E-state index contributed by atoms with van der Waals surface area (Å²) in [4.78, 5) is 167. The van der Waals surface area contributed by atoms with Gasteiger partial charge < -0.3 is 55.6 Å². The molecule has 22 nitrogen and oxygen atoms in total. The molecule has 89 heavy (non-hydrogen) atoms. The summed E-state index contributed by atoms with van der Waals surface area (Å²) < 4.78 is 55.7. The highest BCUT2D eigenvalue weighted by Crippen LogP contribution is 2.35. The van der Waals surface area contributed by atoms with E-state index in [-0.39, 0.29) is 81.7 Å². The zero-order chi connectivity index (χ0) is 66.4. The lowest BCUT2D eigenvalue weighted by atomic mass is 9.84. The smallest absolute Gasteiger partial charge is 0.351 e. The number of amides is 11. The standard InChI is InChI=1S/C63H97F4N11O11/c1-13-39(5)54-60(88)74(9)36-52(81)72(7)37-53(82)76(11)49(34-41-21-16-15-17-22-41)59(87)73(8)35-50(79)69-45(27-25-42-24-26-43(44(64)33-42)63(65,66)67)58(86)78-30-20-23-47(78)57(85)71-62(28-18-19-29-62)61(89)77(12)46(14-2)55(83)68-40(6)32-51(80)75(10)48(31-38(3)4)56(84)70-54/h24,26,33,38-41,45-49,54H,13-23,25,27-32,34-37H2,1-12H3,(H,68,83)(H,69,79)(H,70,84)(H,71,85)/t39-,40+,45-,46-,47-,48-,49-,54-/m0/s1. The normalized spacial score (nSPS) is 26.4. The Morgan fingerprint density at radius 1 is 0.640 bits per heavy atom. The summed E-state index contributed by atoms with van der Waals surface area (Å²) in [5, 5.41) is 11.4. The maximum atomic E-state index is 14.9. The lowest BCUT2D eigenvalue weighted by Gasteiger charge is -2.38. The van der Waals surface area contributed by atoms with Gasteiger partial charge in [-0.3, -0.25) is 52.7 Å².